The number of carbonyl (C=O) groups excluding carboxylic acids is 2. The molecular weight excluding hydrogens is 777 g/mol. The smallest absolute Gasteiger partial charge is 0.362 e. The molecule has 4 aliphatic rings. The molecule has 0 bridgehead atoms. The molecule has 342 valence electrons. The number of ether oxygens (including phenoxy) is 2. The quantitative estimate of drug-likeness (QED) is 0.0726. The molecule has 63 heavy (non-hydrogen) atoms. The van der Waals surface area contributed by atoms with Crippen molar-refractivity contribution >= 4 is 23.0 Å². The summed E-state index contributed by atoms with van der Waals surface area (Å²) in [4.78, 5) is 28.6. The molecule has 1 amide bonds. The van der Waals surface area contributed by atoms with Crippen LogP contribution in [0.15, 0.2) is 84.9 Å². The molecule has 0 N–H and O–H groups in total. The zero-order valence-electron chi connectivity index (χ0n) is 40.4. The van der Waals surface area contributed by atoms with Crippen molar-refractivity contribution in [2.45, 2.75) is 132 Å². The van der Waals surface area contributed by atoms with Gasteiger partial charge < -0.3 is 18.9 Å². The van der Waals surface area contributed by atoms with Gasteiger partial charge in [0.15, 0.2) is 6.54 Å². The minimum Gasteiger partial charge on any atom is -0.492 e. The van der Waals surface area contributed by atoms with Gasteiger partial charge in [-0.1, -0.05) is 100 Å². The van der Waals surface area contributed by atoms with E-state index in [1.165, 1.54) is 72.8 Å². The SMILES string of the molecule is CC/C(=C(\c1ccccc1)c1ccc(OCCN(C)C(=O)CC[C@@H](C)[C@H]2CC[C@H]3[C@@H]4CC[C@@H]5C[C@H](OC(=O)C[N+](CC)(CC)CC)CC[C@]5(C)[C@H]4CC[C@]23C)cc1)c1ccccc1. The predicted octanol–water partition coefficient (Wildman–Crippen LogP) is 12.8. The molecule has 3 aromatic carbocycles. The summed E-state index contributed by atoms with van der Waals surface area (Å²) < 4.78 is 13.3. The lowest BCUT2D eigenvalue weighted by Gasteiger charge is -2.61. The predicted molar refractivity (Wildman–Crippen MR) is 259 cm³/mol. The zero-order chi connectivity index (χ0) is 44.8. The highest BCUT2D eigenvalue weighted by molar-refractivity contribution is 5.98. The first-order valence-corrected chi connectivity index (χ1v) is 25.2. The molecule has 6 nitrogen and oxygen atoms in total. The number of benzene rings is 3. The van der Waals surface area contributed by atoms with Crippen LogP contribution in [0.1, 0.15) is 142 Å². The average Bonchev–Trinajstić information content (AvgIpc) is 3.67. The molecule has 0 saturated heterocycles. The Kier molecular flexibility index (Phi) is 15.3. The van der Waals surface area contributed by atoms with E-state index < -0.39 is 0 Å². The maximum Gasteiger partial charge on any atom is 0.362 e. The number of amides is 1. The zero-order valence-corrected chi connectivity index (χ0v) is 40.4. The summed E-state index contributed by atoms with van der Waals surface area (Å²) in [6, 6.07) is 29.8. The van der Waals surface area contributed by atoms with E-state index in [0.717, 1.165) is 73.3 Å². The number of quaternary nitrogens is 1. The first-order valence-electron chi connectivity index (χ1n) is 25.2. The van der Waals surface area contributed by atoms with Crippen LogP contribution >= 0.6 is 0 Å². The van der Waals surface area contributed by atoms with Crippen LogP contribution in [-0.4, -0.2) is 73.7 Å². The molecule has 4 aliphatic carbocycles. The van der Waals surface area contributed by atoms with Crippen molar-refractivity contribution in [1.29, 1.82) is 0 Å². The van der Waals surface area contributed by atoms with Crippen LogP contribution in [0.2, 0.25) is 0 Å². The molecule has 0 radical (unpaired) electrons. The van der Waals surface area contributed by atoms with Gasteiger partial charge in [0.05, 0.1) is 26.2 Å². The largest absolute Gasteiger partial charge is 0.492 e. The first kappa shape index (κ1) is 47.1. The number of esters is 1. The highest BCUT2D eigenvalue weighted by atomic mass is 16.5. The van der Waals surface area contributed by atoms with Crippen LogP contribution < -0.4 is 4.74 Å². The Morgan fingerprint density at radius 2 is 1.37 bits per heavy atom. The van der Waals surface area contributed by atoms with E-state index in [9.17, 15) is 9.59 Å². The number of fused-ring (bicyclic) bond motifs is 5. The Morgan fingerprint density at radius 3 is 2.02 bits per heavy atom. The minimum atomic E-state index is 0.0124. The summed E-state index contributed by atoms with van der Waals surface area (Å²) in [6.07, 6.45) is 13.8. The van der Waals surface area contributed by atoms with E-state index >= 15 is 0 Å². The Hall–Kier alpha value is -3.90. The Bertz CT molecular complexity index is 1980. The van der Waals surface area contributed by atoms with E-state index in [1.54, 1.807) is 0 Å². The summed E-state index contributed by atoms with van der Waals surface area (Å²) in [7, 11) is 1.93. The molecular formula is C57H81N2O4+. The van der Waals surface area contributed by atoms with E-state index in [2.05, 4.69) is 133 Å². The summed E-state index contributed by atoms with van der Waals surface area (Å²) >= 11 is 0. The van der Waals surface area contributed by atoms with Crippen LogP contribution in [0.4, 0.5) is 0 Å². The van der Waals surface area contributed by atoms with Gasteiger partial charge in [-0.05, 0) is 178 Å². The standard InChI is InChI=1S/C57H81N2O4/c1-9-48(42-19-15-13-16-20-42)55(43-21-17-14-18-22-43)44-24-27-46(28-25-44)62-38-37-58(8)53(60)32-23-41(5)50-30-31-51-49-29-26-45-39-47(63-54(61)40-59(10-2,11-3)12-4)33-35-56(45,6)52(49)34-36-57(50,51)7/h13-22,24-25,27-28,41,45,47,49-52H,9-12,23,26,29-40H2,1-8H3/q+1/b55-48-/t41-,45-,47-,49+,50-,51+,52+,56+,57-/m1/s1. The van der Waals surface area contributed by atoms with Crippen molar-refractivity contribution in [2.24, 2.45) is 46.3 Å². The van der Waals surface area contributed by atoms with Crippen molar-refractivity contribution in [1.82, 2.24) is 4.90 Å². The molecule has 0 aromatic heterocycles. The van der Waals surface area contributed by atoms with E-state index in [1.807, 2.05) is 11.9 Å². The van der Waals surface area contributed by atoms with Gasteiger partial charge in [-0.25, -0.2) is 4.79 Å². The fraction of sp³-hybridized carbons (Fsp3) is 0.614. The third kappa shape index (κ3) is 10.0. The Balaban J connectivity index is 0.881. The van der Waals surface area contributed by atoms with Crippen molar-refractivity contribution in [3.05, 3.63) is 102 Å². The summed E-state index contributed by atoms with van der Waals surface area (Å²) in [5.74, 6) is 5.35. The molecule has 7 rings (SSSR count). The highest BCUT2D eigenvalue weighted by Gasteiger charge is 2.60. The van der Waals surface area contributed by atoms with Crippen LogP contribution in [0.5, 0.6) is 5.75 Å². The number of allylic oxidation sites excluding steroid dienone is 1. The molecule has 4 fully saturated rings. The van der Waals surface area contributed by atoms with Crippen LogP contribution in [0.25, 0.3) is 11.1 Å². The van der Waals surface area contributed by atoms with Crippen LogP contribution in [-0.2, 0) is 14.3 Å². The number of carbonyl (C=O) groups is 2. The molecule has 6 heteroatoms. The molecule has 0 unspecified atom stereocenters. The lowest BCUT2D eigenvalue weighted by atomic mass is 9.44. The Morgan fingerprint density at radius 1 is 0.746 bits per heavy atom. The maximum atomic E-state index is 13.5. The van der Waals surface area contributed by atoms with Gasteiger partial charge >= 0.3 is 5.97 Å². The highest BCUT2D eigenvalue weighted by Crippen LogP contribution is 2.68. The fourth-order valence-corrected chi connectivity index (χ4v) is 14.0. The van der Waals surface area contributed by atoms with Gasteiger partial charge in [-0.2, -0.15) is 0 Å². The second kappa shape index (κ2) is 20.5. The van der Waals surface area contributed by atoms with Crippen LogP contribution in [0, 0.1) is 46.3 Å². The van der Waals surface area contributed by atoms with Crippen LogP contribution in [0.3, 0.4) is 0 Å². The second-order valence-corrected chi connectivity index (χ2v) is 20.9. The molecule has 0 spiro atoms. The lowest BCUT2D eigenvalue weighted by molar-refractivity contribution is -0.916. The van der Waals surface area contributed by atoms with E-state index in [0.29, 0.717) is 54.7 Å². The van der Waals surface area contributed by atoms with Gasteiger partial charge in [0.2, 0.25) is 5.91 Å². The van der Waals surface area contributed by atoms with Gasteiger partial charge in [-0.3, -0.25) is 4.79 Å². The third-order valence-corrected chi connectivity index (χ3v) is 18.1. The van der Waals surface area contributed by atoms with E-state index in [-0.39, 0.29) is 18.0 Å². The molecule has 4 saturated carbocycles. The number of likely N-dealkylation sites (N-methyl/N-ethyl adjacent to an activating group) is 2. The van der Waals surface area contributed by atoms with Gasteiger partial charge in [0.1, 0.15) is 18.5 Å². The maximum absolute atomic E-state index is 13.5. The molecule has 0 aliphatic heterocycles. The fourth-order valence-electron chi connectivity index (χ4n) is 14.0. The van der Waals surface area contributed by atoms with Gasteiger partial charge in [0.25, 0.3) is 0 Å². The molecule has 9 atom stereocenters. The Labute approximate surface area is 381 Å². The molecule has 3 aromatic rings. The minimum absolute atomic E-state index is 0.0124. The van der Waals surface area contributed by atoms with Crippen molar-refractivity contribution in [3.8, 4) is 5.75 Å². The van der Waals surface area contributed by atoms with Crippen molar-refractivity contribution < 1.29 is 23.5 Å². The van der Waals surface area contributed by atoms with E-state index in [4.69, 9.17) is 9.47 Å². The van der Waals surface area contributed by atoms with Crippen molar-refractivity contribution in [2.75, 3.05) is 46.4 Å². The van der Waals surface area contributed by atoms with Crippen molar-refractivity contribution in [3.63, 3.8) is 0 Å². The first-order chi connectivity index (χ1) is 30.4. The normalized spacial score (nSPS) is 28.8. The lowest BCUT2D eigenvalue weighted by Crippen LogP contribution is -2.55. The number of rotatable bonds is 18. The van der Waals surface area contributed by atoms with Gasteiger partial charge in [0, 0.05) is 13.5 Å². The monoisotopic (exact) mass is 858 g/mol. The number of hydrogen-bond acceptors (Lipinski definition) is 4. The summed E-state index contributed by atoms with van der Waals surface area (Å²) in [5, 5.41) is 0. The third-order valence-electron chi connectivity index (χ3n) is 18.1. The number of hydrogen-bond donors (Lipinski definition) is 0. The second-order valence-electron chi connectivity index (χ2n) is 20.9. The summed E-state index contributed by atoms with van der Waals surface area (Å²) in [6.45, 7) is 21.0. The number of nitrogens with zero attached hydrogens (tertiary/aromatic N) is 2. The summed E-state index contributed by atoms with van der Waals surface area (Å²) in [5.41, 5.74) is 6.93. The topological polar surface area (TPSA) is 55.8 Å². The molecule has 0 heterocycles. The van der Waals surface area contributed by atoms with Gasteiger partial charge in [-0.15, -0.1) is 0 Å². The average molecular weight is 858 g/mol.